The summed E-state index contributed by atoms with van der Waals surface area (Å²) >= 11 is 0. The molecule has 5 N–H and O–H groups in total. The normalized spacial score (nSPS) is 11.9. The molecule has 0 aliphatic rings. The van der Waals surface area contributed by atoms with Crippen LogP contribution in [0, 0.1) is 5.41 Å². The van der Waals surface area contributed by atoms with Crippen molar-refractivity contribution in [1.29, 1.82) is 0 Å². The molecule has 15 heteroatoms. The van der Waals surface area contributed by atoms with E-state index < -0.39 is 35.8 Å². The van der Waals surface area contributed by atoms with Crippen molar-refractivity contribution < 1.29 is 37.7 Å². The summed E-state index contributed by atoms with van der Waals surface area (Å²) in [6.45, 7) is 8.15. The zero-order chi connectivity index (χ0) is 32.7. The molecule has 0 saturated carbocycles. The minimum atomic E-state index is -4.60. The van der Waals surface area contributed by atoms with Gasteiger partial charge < -0.3 is 35.8 Å². The highest BCUT2D eigenvalue weighted by molar-refractivity contribution is 5.94. The largest absolute Gasteiger partial charge is 0.508 e. The number of hydrogen-bond donors (Lipinski definition) is 5. The molecule has 0 aliphatic heterocycles. The number of phenols is 1. The third kappa shape index (κ3) is 10.8. The van der Waals surface area contributed by atoms with Gasteiger partial charge in [-0.15, -0.1) is 0 Å². The Morgan fingerprint density at radius 2 is 1.52 bits per heavy atom. The molecule has 0 atom stereocenters. The third-order valence-electron chi connectivity index (χ3n) is 6.12. The molecular formula is C29H36F3N7O5. The molecule has 1 aromatic heterocycles. The molecule has 3 rings (SSSR count). The van der Waals surface area contributed by atoms with E-state index in [0.29, 0.717) is 11.3 Å². The van der Waals surface area contributed by atoms with E-state index in [-0.39, 0.29) is 43.2 Å². The fourth-order valence-corrected chi connectivity index (χ4v) is 3.83. The molecule has 0 spiro atoms. The number of alkyl halides is 3. The van der Waals surface area contributed by atoms with Gasteiger partial charge in [-0.1, -0.05) is 26.0 Å². The Kier molecular flexibility index (Phi) is 10.4. The summed E-state index contributed by atoms with van der Waals surface area (Å²) in [4.78, 5) is 37.8. The fourth-order valence-electron chi connectivity index (χ4n) is 3.83. The highest BCUT2D eigenvalue weighted by Crippen LogP contribution is 2.24. The van der Waals surface area contributed by atoms with Crippen LogP contribution in [0.25, 0.3) is 0 Å². The minimum Gasteiger partial charge on any atom is -0.508 e. The average Bonchev–Trinajstić information content (AvgIpc) is 2.93. The van der Waals surface area contributed by atoms with Crippen molar-refractivity contribution in [3.63, 3.8) is 0 Å². The van der Waals surface area contributed by atoms with Crippen molar-refractivity contribution in [2.75, 3.05) is 30.3 Å². The van der Waals surface area contributed by atoms with E-state index in [2.05, 4.69) is 30.9 Å². The summed E-state index contributed by atoms with van der Waals surface area (Å²) < 4.78 is 43.0. The molecule has 0 bridgehead atoms. The smallest absolute Gasteiger partial charge is 0.422 e. The van der Waals surface area contributed by atoms with Gasteiger partial charge >= 0.3 is 18.3 Å². The Hall–Kier alpha value is -4.82. The van der Waals surface area contributed by atoms with E-state index in [1.165, 1.54) is 29.2 Å². The number of carboxylic acid groups (broad SMARTS) is 1. The average molecular weight is 620 g/mol. The van der Waals surface area contributed by atoms with Crippen LogP contribution in [0.1, 0.15) is 50.5 Å². The summed E-state index contributed by atoms with van der Waals surface area (Å²) in [5.41, 5.74) is 0.353. The first-order chi connectivity index (χ1) is 20.4. The molecule has 0 unspecified atom stereocenters. The standard InChI is InChI=1S/C29H36F3N7O5/c1-27(2,3)39(26(42)43)16-28(4,5)15-34-22(41)19-8-10-20(11-9-19)35-24-36-23(33-14-18-6-12-21(40)13-7-18)37-25(38-24)44-17-29(30,31)32/h6-13,40H,14-17H2,1-5H3,(H,34,41)(H,42,43)(H2,33,35,36,37,38). The number of ether oxygens (including phenoxy) is 1. The van der Waals surface area contributed by atoms with Crippen LogP contribution < -0.4 is 20.7 Å². The van der Waals surface area contributed by atoms with Crippen LogP contribution >= 0.6 is 0 Å². The number of nitrogens with zero attached hydrogens (tertiary/aromatic N) is 4. The Morgan fingerprint density at radius 1 is 0.909 bits per heavy atom. The minimum absolute atomic E-state index is 0.0562. The molecular weight excluding hydrogens is 583 g/mol. The van der Waals surface area contributed by atoms with Crippen molar-refractivity contribution in [2.45, 2.75) is 52.9 Å². The second-order valence-electron chi connectivity index (χ2n) is 11.8. The Morgan fingerprint density at radius 3 is 2.09 bits per heavy atom. The molecule has 2 aromatic carbocycles. The molecule has 0 fully saturated rings. The summed E-state index contributed by atoms with van der Waals surface area (Å²) in [6, 6.07) is 11.9. The predicted molar refractivity (Wildman–Crippen MR) is 157 cm³/mol. The lowest BCUT2D eigenvalue weighted by molar-refractivity contribution is -0.154. The van der Waals surface area contributed by atoms with Crippen LogP contribution in [0.3, 0.4) is 0 Å². The Labute approximate surface area is 252 Å². The van der Waals surface area contributed by atoms with Gasteiger partial charge in [-0.05, 0) is 68.1 Å². The van der Waals surface area contributed by atoms with Crippen molar-refractivity contribution in [3.8, 4) is 11.8 Å². The fraction of sp³-hybridized carbons (Fsp3) is 0.414. The van der Waals surface area contributed by atoms with Crippen LogP contribution in [0.4, 0.5) is 35.5 Å². The number of nitrogens with one attached hydrogen (secondary N) is 3. The van der Waals surface area contributed by atoms with Gasteiger partial charge in [-0.2, -0.15) is 28.1 Å². The molecule has 44 heavy (non-hydrogen) atoms. The monoisotopic (exact) mass is 619 g/mol. The second-order valence-corrected chi connectivity index (χ2v) is 11.8. The van der Waals surface area contributed by atoms with Crippen LogP contribution in [-0.4, -0.2) is 73.5 Å². The number of carbonyl (C=O) groups is 2. The molecule has 1 heterocycles. The lowest BCUT2D eigenvalue weighted by Gasteiger charge is -2.39. The van der Waals surface area contributed by atoms with Gasteiger partial charge in [0.1, 0.15) is 5.75 Å². The SMILES string of the molecule is CC(C)(CNC(=O)c1ccc(Nc2nc(NCc3ccc(O)cc3)nc(OCC(F)(F)F)n2)cc1)CN(C(=O)O)C(C)(C)C. The highest BCUT2D eigenvalue weighted by atomic mass is 19.4. The van der Waals surface area contributed by atoms with Crippen LogP contribution in [0.5, 0.6) is 11.8 Å². The number of aromatic hydroxyl groups is 1. The molecule has 3 aromatic rings. The number of phenolic OH excluding ortho intramolecular Hbond substituents is 1. The Balaban J connectivity index is 1.68. The number of aromatic nitrogens is 3. The maximum absolute atomic E-state index is 12.8. The number of carbonyl (C=O) groups excluding carboxylic acids is 1. The van der Waals surface area contributed by atoms with Gasteiger partial charge in [0, 0.05) is 36.4 Å². The quantitative estimate of drug-likeness (QED) is 0.177. The van der Waals surface area contributed by atoms with E-state index in [9.17, 15) is 33.0 Å². The van der Waals surface area contributed by atoms with Gasteiger partial charge in [-0.25, -0.2) is 4.79 Å². The van der Waals surface area contributed by atoms with Gasteiger partial charge in [0.05, 0.1) is 0 Å². The lowest BCUT2D eigenvalue weighted by Crippen LogP contribution is -2.51. The van der Waals surface area contributed by atoms with Crippen molar-refractivity contribution in [2.24, 2.45) is 5.41 Å². The molecule has 12 nitrogen and oxygen atoms in total. The maximum Gasteiger partial charge on any atom is 0.422 e. The predicted octanol–water partition coefficient (Wildman–Crippen LogP) is 5.41. The molecule has 2 amide bonds. The van der Waals surface area contributed by atoms with Crippen molar-refractivity contribution in [1.82, 2.24) is 25.2 Å². The van der Waals surface area contributed by atoms with Crippen LogP contribution in [0.15, 0.2) is 48.5 Å². The van der Waals surface area contributed by atoms with Gasteiger partial charge in [-0.3, -0.25) is 4.79 Å². The van der Waals surface area contributed by atoms with E-state index in [1.807, 2.05) is 13.8 Å². The molecule has 0 radical (unpaired) electrons. The first kappa shape index (κ1) is 33.7. The summed E-state index contributed by atoms with van der Waals surface area (Å²) in [7, 11) is 0. The maximum atomic E-state index is 12.8. The van der Waals surface area contributed by atoms with Gasteiger partial charge in [0.15, 0.2) is 6.61 Å². The Bertz CT molecular complexity index is 1430. The first-order valence-electron chi connectivity index (χ1n) is 13.5. The number of anilines is 3. The van der Waals surface area contributed by atoms with E-state index >= 15 is 0 Å². The number of benzene rings is 2. The third-order valence-corrected chi connectivity index (χ3v) is 6.12. The number of rotatable bonds is 12. The topological polar surface area (TPSA) is 162 Å². The molecule has 0 aliphatic carbocycles. The number of hydrogen-bond acceptors (Lipinski definition) is 9. The number of amides is 2. The van der Waals surface area contributed by atoms with Crippen molar-refractivity contribution >= 4 is 29.6 Å². The first-order valence-corrected chi connectivity index (χ1v) is 13.5. The molecule has 0 saturated heterocycles. The zero-order valence-corrected chi connectivity index (χ0v) is 25.0. The zero-order valence-electron chi connectivity index (χ0n) is 25.0. The highest BCUT2D eigenvalue weighted by Gasteiger charge is 2.32. The van der Waals surface area contributed by atoms with Gasteiger partial charge in [0.25, 0.3) is 5.91 Å². The number of halogens is 3. The van der Waals surface area contributed by atoms with E-state index in [1.54, 1.807) is 45.0 Å². The van der Waals surface area contributed by atoms with E-state index in [0.717, 1.165) is 5.56 Å². The summed E-state index contributed by atoms with van der Waals surface area (Å²) in [6.07, 6.45) is -5.65. The summed E-state index contributed by atoms with van der Waals surface area (Å²) in [5.74, 6) is -0.449. The summed E-state index contributed by atoms with van der Waals surface area (Å²) in [5, 5.41) is 27.6. The van der Waals surface area contributed by atoms with Crippen molar-refractivity contribution in [3.05, 3.63) is 59.7 Å². The molecule has 238 valence electrons. The van der Waals surface area contributed by atoms with Crippen LogP contribution in [0.2, 0.25) is 0 Å². The van der Waals surface area contributed by atoms with Crippen LogP contribution in [-0.2, 0) is 6.54 Å². The van der Waals surface area contributed by atoms with Gasteiger partial charge in [0.2, 0.25) is 11.9 Å². The second kappa shape index (κ2) is 13.7. The van der Waals surface area contributed by atoms with E-state index in [4.69, 9.17) is 4.74 Å². The lowest BCUT2D eigenvalue weighted by atomic mass is 9.90.